The maximum atomic E-state index is 12.2. The van der Waals surface area contributed by atoms with E-state index < -0.39 is 5.54 Å². The number of pyridine rings is 1. The number of hydrogen-bond acceptors (Lipinski definition) is 4. The molecule has 2 heterocycles. The Hall–Kier alpha value is -1.78. The van der Waals surface area contributed by atoms with Crippen molar-refractivity contribution in [2.24, 2.45) is 0 Å². The summed E-state index contributed by atoms with van der Waals surface area (Å²) in [4.78, 5) is 20.4. The predicted octanol–water partition coefficient (Wildman–Crippen LogP) is 1.03. The van der Waals surface area contributed by atoms with E-state index in [1.54, 1.807) is 11.1 Å². The number of rotatable bonds is 1. The van der Waals surface area contributed by atoms with Crippen LogP contribution in [0.3, 0.4) is 0 Å². The predicted molar refractivity (Wildman–Crippen MR) is 72.4 cm³/mol. The van der Waals surface area contributed by atoms with Crippen molar-refractivity contribution in [1.29, 1.82) is 0 Å². The van der Waals surface area contributed by atoms with E-state index in [1.165, 1.54) is 0 Å². The molecule has 0 bridgehead atoms. The third-order valence-corrected chi connectivity index (χ3v) is 3.62. The van der Waals surface area contributed by atoms with Gasteiger partial charge in [-0.2, -0.15) is 0 Å². The summed E-state index contributed by atoms with van der Waals surface area (Å²) in [7, 11) is 1.84. The molecule has 1 aliphatic heterocycles. The number of nitrogens with two attached hydrogens (primary N) is 1. The minimum atomic E-state index is -0.567. The molecule has 1 fully saturated rings. The van der Waals surface area contributed by atoms with E-state index in [0.29, 0.717) is 12.2 Å². The average Bonchev–Trinajstić information content (AvgIpc) is 2.30. The first kappa shape index (κ1) is 12.7. The Kier molecular flexibility index (Phi) is 2.92. The lowest BCUT2D eigenvalue weighted by Crippen LogP contribution is -2.62. The number of nitrogens with zero attached hydrogens (tertiary/aromatic N) is 3. The Labute approximate surface area is 108 Å². The molecule has 1 aromatic rings. The minimum absolute atomic E-state index is 0.116. The van der Waals surface area contributed by atoms with Gasteiger partial charge < -0.3 is 15.5 Å². The third kappa shape index (κ3) is 1.89. The lowest BCUT2D eigenvalue weighted by molar-refractivity contribution is -0.136. The zero-order chi connectivity index (χ0) is 13.5. The van der Waals surface area contributed by atoms with Crippen molar-refractivity contribution < 1.29 is 4.79 Å². The fourth-order valence-electron chi connectivity index (χ4n) is 2.31. The first-order valence-corrected chi connectivity index (χ1v) is 6.09. The van der Waals surface area contributed by atoms with Crippen LogP contribution in [0.25, 0.3) is 0 Å². The van der Waals surface area contributed by atoms with Gasteiger partial charge in [-0.05, 0) is 32.4 Å². The van der Waals surface area contributed by atoms with Gasteiger partial charge in [-0.25, -0.2) is 4.98 Å². The first-order valence-electron chi connectivity index (χ1n) is 6.09. The quantitative estimate of drug-likeness (QED) is 0.806. The molecule has 5 heteroatoms. The number of aryl methyl sites for hydroxylation is 1. The molecule has 0 radical (unpaired) electrons. The van der Waals surface area contributed by atoms with Gasteiger partial charge in [0.1, 0.15) is 11.4 Å². The second kappa shape index (κ2) is 4.15. The molecule has 0 atom stereocenters. The van der Waals surface area contributed by atoms with Crippen LogP contribution >= 0.6 is 0 Å². The van der Waals surface area contributed by atoms with Crippen LogP contribution in [0, 0.1) is 6.92 Å². The summed E-state index contributed by atoms with van der Waals surface area (Å²) in [6, 6.07) is 1.94. The van der Waals surface area contributed by atoms with E-state index in [2.05, 4.69) is 4.98 Å². The Morgan fingerprint density at radius 1 is 1.39 bits per heavy atom. The Morgan fingerprint density at radius 2 is 2.06 bits per heavy atom. The van der Waals surface area contributed by atoms with E-state index >= 15 is 0 Å². The van der Waals surface area contributed by atoms with Gasteiger partial charge >= 0.3 is 0 Å². The molecule has 5 nitrogen and oxygen atoms in total. The molecule has 0 spiro atoms. The number of likely N-dealkylation sites (N-methyl/N-ethyl adjacent to an activating group) is 1. The van der Waals surface area contributed by atoms with Crippen molar-refractivity contribution in [2.45, 2.75) is 26.3 Å². The molecule has 0 aromatic carbocycles. The van der Waals surface area contributed by atoms with Crippen molar-refractivity contribution >= 4 is 17.4 Å². The lowest BCUT2D eigenvalue weighted by atomic mass is 9.97. The molecule has 0 saturated carbocycles. The van der Waals surface area contributed by atoms with Crippen LogP contribution in [0.15, 0.2) is 12.3 Å². The topological polar surface area (TPSA) is 62.5 Å². The van der Waals surface area contributed by atoms with Crippen LogP contribution in [0.1, 0.15) is 19.4 Å². The number of aromatic nitrogens is 1. The highest BCUT2D eigenvalue weighted by molar-refractivity contribution is 5.90. The number of hydrogen-bond donors (Lipinski definition) is 1. The highest BCUT2D eigenvalue weighted by Gasteiger charge is 2.41. The number of anilines is 2. The largest absolute Gasteiger partial charge is 0.397 e. The van der Waals surface area contributed by atoms with Gasteiger partial charge in [0.2, 0.25) is 5.91 Å². The van der Waals surface area contributed by atoms with Gasteiger partial charge in [0.05, 0.1) is 11.9 Å². The van der Waals surface area contributed by atoms with Crippen molar-refractivity contribution in [2.75, 3.05) is 30.8 Å². The summed E-state index contributed by atoms with van der Waals surface area (Å²) in [6.45, 7) is 7.31. The van der Waals surface area contributed by atoms with Crippen molar-refractivity contribution in [3.8, 4) is 0 Å². The summed E-state index contributed by atoms with van der Waals surface area (Å²) >= 11 is 0. The van der Waals surface area contributed by atoms with Crippen molar-refractivity contribution in [1.82, 2.24) is 9.88 Å². The Balaban J connectivity index is 2.38. The van der Waals surface area contributed by atoms with E-state index in [-0.39, 0.29) is 5.91 Å². The fraction of sp³-hybridized carbons (Fsp3) is 0.538. The Bertz CT molecular complexity index is 484. The number of nitrogen functional groups attached to an aromatic ring is 1. The molecule has 0 aliphatic carbocycles. The minimum Gasteiger partial charge on any atom is -0.397 e. The van der Waals surface area contributed by atoms with Crippen molar-refractivity contribution in [3.05, 3.63) is 17.8 Å². The smallest absolute Gasteiger partial charge is 0.247 e. The van der Waals surface area contributed by atoms with Crippen LogP contribution < -0.4 is 10.6 Å². The summed E-state index contributed by atoms with van der Waals surface area (Å²) in [5, 5.41) is 0. The molecule has 1 aliphatic rings. The third-order valence-electron chi connectivity index (χ3n) is 3.62. The van der Waals surface area contributed by atoms with Crippen LogP contribution in [-0.2, 0) is 4.79 Å². The Morgan fingerprint density at radius 3 is 2.67 bits per heavy atom. The normalized spacial score (nSPS) is 19.2. The molecule has 1 aromatic heterocycles. The van der Waals surface area contributed by atoms with Gasteiger partial charge in [-0.1, -0.05) is 0 Å². The molecule has 1 amide bonds. The van der Waals surface area contributed by atoms with E-state index in [9.17, 15) is 4.79 Å². The molecular weight excluding hydrogens is 228 g/mol. The maximum absolute atomic E-state index is 12.2. The number of piperazine rings is 1. The molecule has 2 N–H and O–H groups in total. The monoisotopic (exact) mass is 248 g/mol. The van der Waals surface area contributed by atoms with Gasteiger partial charge in [0, 0.05) is 20.1 Å². The van der Waals surface area contributed by atoms with E-state index in [0.717, 1.165) is 17.9 Å². The van der Waals surface area contributed by atoms with Crippen molar-refractivity contribution in [3.63, 3.8) is 0 Å². The summed E-state index contributed by atoms with van der Waals surface area (Å²) in [5.41, 5.74) is 6.88. The molecular formula is C13H20N4O. The number of amides is 1. The van der Waals surface area contributed by atoms with E-state index in [1.807, 2.05) is 38.8 Å². The zero-order valence-corrected chi connectivity index (χ0v) is 11.4. The molecule has 1 saturated heterocycles. The fourth-order valence-corrected chi connectivity index (χ4v) is 2.31. The van der Waals surface area contributed by atoms with Gasteiger partial charge in [-0.15, -0.1) is 0 Å². The lowest BCUT2D eigenvalue weighted by Gasteiger charge is -2.45. The van der Waals surface area contributed by atoms with E-state index in [4.69, 9.17) is 5.73 Å². The van der Waals surface area contributed by atoms with Crippen LogP contribution in [0.5, 0.6) is 0 Å². The van der Waals surface area contributed by atoms with Gasteiger partial charge in [0.25, 0.3) is 0 Å². The number of carbonyl (C=O) groups excluding carboxylic acids is 1. The van der Waals surface area contributed by atoms with Gasteiger partial charge in [0.15, 0.2) is 0 Å². The second-order valence-electron chi connectivity index (χ2n) is 5.34. The average molecular weight is 248 g/mol. The molecule has 2 rings (SSSR count). The van der Waals surface area contributed by atoms with Gasteiger partial charge in [-0.3, -0.25) is 4.79 Å². The summed E-state index contributed by atoms with van der Waals surface area (Å²) in [6.07, 6.45) is 1.66. The maximum Gasteiger partial charge on any atom is 0.247 e. The van der Waals surface area contributed by atoms with Crippen LogP contribution in [-0.4, -0.2) is 41.5 Å². The second-order valence-corrected chi connectivity index (χ2v) is 5.34. The number of carbonyl (C=O) groups is 1. The highest BCUT2D eigenvalue weighted by atomic mass is 16.2. The van der Waals surface area contributed by atoms with Crippen LogP contribution in [0.2, 0.25) is 0 Å². The molecule has 98 valence electrons. The molecule has 18 heavy (non-hydrogen) atoms. The summed E-state index contributed by atoms with van der Waals surface area (Å²) in [5.74, 6) is 0.929. The SMILES string of the molecule is Cc1cc(N2CCN(C)C(=O)C2(C)C)ncc1N. The summed E-state index contributed by atoms with van der Waals surface area (Å²) < 4.78 is 0. The van der Waals surface area contributed by atoms with Crippen LogP contribution in [0.4, 0.5) is 11.5 Å². The first-order chi connectivity index (χ1) is 8.34. The highest BCUT2D eigenvalue weighted by Crippen LogP contribution is 2.28. The standard InChI is InChI=1S/C13H20N4O/c1-9-7-11(15-8-10(9)14)17-6-5-16(4)12(18)13(17,2)3/h7-8H,5-6,14H2,1-4H3. The zero-order valence-electron chi connectivity index (χ0n) is 11.4. The molecule has 0 unspecified atom stereocenters.